The average Bonchev–Trinajstić information content (AvgIpc) is 3.12. The number of carbonyl (C=O) groups is 1. The summed E-state index contributed by atoms with van der Waals surface area (Å²) in [4.78, 5) is 14.5. The van der Waals surface area contributed by atoms with Gasteiger partial charge in [0.2, 0.25) is 0 Å². The highest BCUT2D eigenvalue weighted by Gasteiger charge is 2.73. The molecule has 5 rings (SSSR count). The molecule has 1 aromatic carbocycles. The molecule has 0 amide bonds. The molecule has 7 nitrogen and oxygen atoms in total. The van der Waals surface area contributed by atoms with E-state index in [-0.39, 0.29) is 29.9 Å². The van der Waals surface area contributed by atoms with Crippen LogP contribution >= 0.6 is 0 Å². The quantitative estimate of drug-likeness (QED) is 0.638. The number of phenols is 1. The Labute approximate surface area is 183 Å². The Morgan fingerprint density at radius 3 is 2.87 bits per heavy atom. The Balaban J connectivity index is 1.64. The summed E-state index contributed by atoms with van der Waals surface area (Å²) >= 11 is 0. The highest BCUT2D eigenvalue weighted by Crippen LogP contribution is 2.66. The smallest absolute Gasteiger partial charge is 0.320 e. The molecule has 1 saturated carbocycles. The van der Waals surface area contributed by atoms with Crippen molar-refractivity contribution in [2.24, 2.45) is 5.92 Å². The number of nitrogens with zero attached hydrogens (tertiary/aromatic N) is 1. The fourth-order valence-electron chi connectivity index (χ4n) is 7.26. The monoisotopic (exact) mass is 430 g/mol. The van der Waals surface area contributed by atoms with Crippen molar-refractivity contribution in [3.8, 4) is 11.5 Å². The summed E-state index contributed by atoms with van der Waals surface area (Å²) < 4.78 is 13.0. The third kappa shape index (κ3) is 2.54. The number of ether oxygens (including phenoxy) is 2. The molecule has 31 heavy (non-hydrogen) atoms. The number of aromatic hydroxyl groups is 1. The molecule has 1 saturated heterocycles. The lowest BCUT2D eigenvalue weighted by molar-refractivity contribution is -0.204. The number of nitrogens with one attached hydrogen (secondary N) is 1. The first-order chi connectivity index (χ1) is 14.8. The summed E-state index contributed by atoms with van der Waals surface area (Å²) in [5, 5.41) is 24.1. The number of carboxylic acid groups (broad SMARTS) is 1. The van der Waals surface area contributed by atoms with E-state index < -0.39 is 23.0 Å². The van der Waals surface area contributed by atoms with Crippen LogP contribution in [0.2, 0.25) is 0 Å². The van der Waals surface area contributed by atoms with Crippen LogP contribution in [0.1, 0.15) is 50.7 Å². The summed E-state index contributed by atoms with van der Waals surface area (Å²) in [5.41, 5.74) is 1.52. The minimum Gasteiger partial charge on any atom is -0.504 e. The maximum Gasteiger partial charge on any atom is 0.320 e. The Bertz CT molecular complexity index is 906. The fourth-order valence-corrected chi connectivity index (χ4v) is 7.26. The molecule has 1 aromatic rings. The van der Waals surface area contributed by atoms with E-state index in [1.807, 2.05) is 27.0 Å². The van der Waals surface area contributed by atoms with Crippen LogP contribution in [0.25, 0.3) is 0 Å². The Morgan fingerprint density at radius 1 is 1.42 bits per heavy atom. The van der Waals surface area contributed by atoms with Gasteiger partial charge in [-0.2, -0.15) is 0 Å². The molecule has 0 radical (unpaired) electrons. The summed E-state index contributed by atoms with van der Waals surface area (Å²) in [5.74, 6) is -0.0655. The second-order valence-electron chi connectivity index (χ2n) is 10.0. The van der Waals surface area contributed by atoms with E-state index in [4.69, 9.17) is 9.47 Å². The van der Waals surface area contributed by atoms with Crippen LogP contribution < -0.4 is 10.1 Å². The molecular formula is C24H34N2O5. The number of methoxy groups -OCH3 is 1. The third-order valence-electron chi connectivity index (χ3n) is 8.93. The molecule has 3 N–H and O–H groups in total. The van der Waals surface area contributed by atoms with Crippen molar-refractivity contribution in [1.82, 2.24) is 10.2 Å². The summed E-state index contributed by atoms with van der Waals surface area (Å²) in [6.45, 7) is 4.92. The molecule has 2 aliphatic carbocycles. The van der Waals surface area contributed by atoms with Crippen molar-refractivity contribution in [2.75, 3.05) is 20.7 Å². The van der Waals surface area contributed by atoms with E-state index in [1.54, 1.807) is 6.07 Å². The zero-order chi connectivity index (χ0) is 22.1. The molecular weight excluding hydrogens is 396 g/mol. The van der Waals surface area contributed by atoms with Crippen LogP contribution in [0, 0.1) is 5.92 Å². The van der Waals surface area contributed by atoms with Gasteiger partial charge in [0.15, 0.2) is 11.5 Å². The molecule has 1 unspecified atom stereocenters. The molecule has 0 aromatic heterocycles. The predicted molar refractivity (Wildman–Crippen MR) is 116 cm³/mol. The number of benzene rings is 1. The molecule has 170 valence electrons. The van der Waals surface area contributed by atoms with Crippen LogP contribution in [0.5, 0.6) is 11.5 Å². The second-order valence-corrected chi connectivity index (χ2v) is 10.0. The van der Waals surface area contributed by atoms with Crippen LogP contribution in [-0.2, 0) is 21.4 Å². The maximum atomic E-state index is 12.1. The molecule has 7 heteroatoms. The second kappa shape index (κ2) is 7.09. The predicted octanol–water partition coefficient (Wildman–Crippen LogP) is 2.29. The number of likely N-dealkylation sites (tertiary alicyclic amines) is 1. The van der Waals surface area contributed by atoms with Gasteiger partial charge < -0.3 is 24.6 Å². The molecule has 1 spiro atoms. The van der Waals surface area contributed by atoms with Gasteiger partial charge in [-0.15, -0.1) is 0 Å². The topological polar surface area (TPSA) is 91.3 Å². The zero-order valence-corrected chi connectivity index (χ0v) is 18.9. The highest BCUT2D eigenvalue weighted by atomic mass is 16.5. The largest absolute Gasteiger partial charge is 0.504 e. The maximum absolute atomic E-state index is 12.1. The van der Waals surface area contributed by atoms with Crippen molar-refractivity contribution in [3.63, 3.8) is 0 Å². The van der Waals surface area contributed by atoms with E-state index in [1.165, 1.54) is 5.56 Å². The van der Waals surface area contributed by atoms with Gasteiger partial charge in [-0.05, 0) is 56.8 Å². The molecule has 7 atom stereocenters. The van der Waals surface area contributed by atoms with Crippen molar-refractivity contribution >= 4 is 5.97 Å². The van der Waals surface area contributed by atoms with Crippen LogP contribution in [0.15, 0.2) is 12.1 Å². The first kappa shape index (κ1) is 21.0. The van der Waals surface area contributed by atoms with Crippen molar-refractivity contribution in [3.05, 3.63) is 23.3 Å². The van der Waals surface area contributed by atoms with Crippen LogP contribution in [0.3, 0.4) is 0 Å². The Kier molecular flexibility index (Phi) is 4.81. The van der Waals surface area contributed by atoms with Gasteiger partial charge in [0.1, 0.15) is 12.1 Å². The number of likely N-dealkylation sites (N-methyl/N-ethyl adjacent to an activating group) is 1. The standard InChI is InChI=1S/C24H34N2O5/c1-5-13(2)19(22(28)29)25-15-8-9-24(30-4)17-12-14-6-7-16(27)20-18(14)23(24,21(15)31-20)10-11-26(17)3/h6-7,13,15,17,19,21,25,27H,5,8-12H2,1-4H3,(H,28,29)/t13-,15+,17+,19-,21-,23-,24?/m0/s1. The number of rotatable bonds is 6. The van der Waals surface area contributed by atoms with Gasteiger partial charge in [0.05, 0.1) is 11.0 Å². The van der Waals surface area contributed by atoms with E-state index in [0.29, 0.717) is 5.75 Å². The Hall–Kier alpha value is -1.83. The van der Waals surface area contributed by atoms with E-state index in [2.05, 4.69) is 17.3 Å². The lowest BCUT2D eigenvalue weighted by Crippen LogP contribution is -2.78. The molecule has 2 heterocycles. The van der Waals surface area contributed by atoms with Crippen LogP contribution in [-0.4, -0.2) is 71.6 Å². The van der Waals surface area contributed by atoms with Gasteiger partial charge in [-0.25, -0.2) is 0 Å². The molecule has 2 aliphatic heterocycles. The molecule has 2 bridgehead atoms. The van der Waals surface area contributed by atoms with E-state index in [0.717, 1.165) is 44.2 Å². The Morgan fingerprint density at radius 2 is 2.19 bits per heavy atom. The summed E-state index contributed by atoms with van der Waals surface area (Å²) in [6, 6.07) is 3.24. The lowest BCUT2D eigenvalue weighted by Gasteiger charge is -2.65. The molecule has 4 aliphatic rings. The number of aliphatic carboxylic acids is 1. The van der Waals surface area contributed by atoms with Crippen LogP contribution in [0.4, 0.5) is 0 Å². The zero-order valence-electron chi connectivity index (χ0n) is 18.9. The number of hydrogen-bond donors (Lipinski definition) is 3. The number of hydrogen-bond acceptors (Lipinski definition) is 6. The van der Waals surface area contributed by atoms with Crippen molar-refractivity contribution < 1.29 is 24.5 Å². The van der Waals surface area contributed by atoms with E-state index in [9.17, 15) is 15.0 Å². The minimum absolute atomic E-state index is 0.00782. The third-order valence-corrected chi connectivity index (χ3v) is 8.93. The lowest BCUT2D eigenvalue weighted by atomic mass is 9.48. The van der Waals surface area contributed by atoms with Crippen molar-refractivity contribution in [2.45, 2.75) is 81.2 Å². The number of carboxylic acids is 1. The van der Waals surface area contributed by atoms with Gasteiger partial charge in [-0.3, -0.25) is 10.1 Å². The first-order valence-electron chi connectivity index (χ1n) is 11.6. The van der Waals surface area contributed by atoms with Gasteiger partial charge in [0.25, 0.3) is 0 Å². The first-order valence-corrected chi connectivity index (χ1v) is 11.6. The summed E-state index contributed by atoms with van der Waals surface area (Å²) in [6.07, 6.45) is 3.85. The average molecular weight is 431 g/mol. The summed E-state index contributed by atoms with van der Waals surface area (Å²) in [7, 11) is 3.98. The van der Waals surface area contributed by atoms with Gasteiger partial charge in [0, 0.05) is 24.8 Å². The normalized spacial score (nSPS) is 37.6. The number of phenolic OH excluding ortho intramolecular Hbond substituents is 1. The minimum atomic E-state index is -0.820. The van der Waals surface area contributed by atoms with Gasteiger partial charge >= 0.3 is 5.97 Å². The van der Waals surface area contributed by atoms with E-state index >= 15 is 0 Å². The van der Waals surface area contributed by atoms with Crippen molar-refractivity contribution in [1.29, 1.82) is 0 Å². The molecule has 2 fully saturated rings. The fraction of sp³-hybridized carbons (Fsp3) is 0.708. The highest BCUT2D eigenvalue weighted by molar-refractivity contribution is 5.74. The number of piperidine rings is 1. The van der Waals surface area contributed by atoms with Gasteiger partial charge in [-0.1, -0.05) is 26.3 Å². The SMILES string of the molecule is CC[C@H](C)[C@H](N[C@@H]1CCC2(OC)[C@H]3Cc4ccc(O)c5c4[C@@]2(CCN3C)[C@H]1O5)C(=O)O.